The van der Waals surface area contributed by atoms with E-state index in [0.29, 0.717) is 6.04 Å². The molecule has 1 aromatic rings. The molecule has 84 valence electrons. The molecule has 5 heteroatoms. The van der Waals surface area contributed by atoms with Crippen LogP contribution < -0.4 is 5.73 Å². The summed E-state index contributed by atoms with van der Waals surface area (Å²) in [5.41, 5.74) is 5.87. The van der Waals surface area contributed by atoms with Crippen molar-refractivity contribution >= 4 is 38.9 Å². The molecule has 2 rings (SSSR count). The number of rotatable bonds is 2. The number of nitrogens with two attached hydrogens (primary N) is 1. The Morgan fingerprint density at radius 1 is 1.53 bits per heavy atom. The van der Waals surface area contributed by atoms with Crippen LogP contribution in [0, 0.1) is 0 Å². The molecule has 1 fully saturated rings. The molecule has 0 saturated carbocycles. The second-order valence-electron chi connectivity index (χ2n) is 3.95. The third kappa shape index (κ3) is 3.17. The molecule has 0 aliphatic carbocycles. The Morgan fingerprint density at radius 3 is 2.73 bits per heavy atom. The number of likely N-dealkylation sites (tertiary alicyclic amines) is 1. The largest absolute Gasteiger partial charge is 0.328 e. The van der Waals surface area contributed by atoms with E-state index >= 15 is 0 Å². The van der Waals surface area contributed by atoms with Crippen LogP contribution in [-0.4, -0.2) is 24.0 Å². The normalized spacial score (nSPS) is 19.7. The maximum Gasteiger partial charge on any atom is 0.107 e. The molecule has 0 unspecified atom stereocenters. The number of hydrogen-bond acceptors (Lipinski definition) is 3. The SMILES string of the molecule is NC1CCN(Cc2cc(Br)c(Cl)s2)CC1. The predicted octanol–water partition coefficient (Wildman–Crippen LogP) is 3.09. The predicted molar refractivity (Wildman–Crippen MR) is 69.5 cm³/mol. The summed E-state index contributed by atoms with van der Waals surface area (Å²) in [6.07, 6.45) is 2.22. The zero-order valence-electron chi connectivity index (χ0n) is 8.38. The first kappa shape index (κ1) is 11.9. The van der Waals surface area contributed by atoms with Gasteiger partial charge in [-0.2, -0.15) is 0 Å². The molecule has 1 saturated heterocycles. The van der Waals surface area contributed by atoms with Gasteiger partial charge in [-0.1, -0.05) is 11.6 Å². The average Bonchev–Trinajstić information content (AvgIpc) is 2.50. The van der Waals surface area contributed by atoms with Crippen LogP contribution in [0.15, 0.2) is 10.5 Å². The van der Waals surface area contributed by atoms with Crippen molar-refractivity contribution < 1.29 is 0 Å². The molecule has 0 spiro atoms. The van der Waals surface area contributed by atoms with E-state index in [1.807, 2.05) is 0 Å². The second-order valence-corrected chi connectivity index (χ2v) is 6.54. The van der Waals surface area contributed by atoms with Crippen molar-refractivity contribution in [2.75, 3.05) is 13.1 Å². The smallest absolute Gasteiger partial charge is 0.107 e. The third-order valence-corrected chi connectivity index (χ3v) is 5.17. The first-order valence-electron chi connectivity index (χ1n) is 5.07. The van der Waals surface area contributed by atoms with Gasteiger partial charge in [-0.15, -0.1) is 11.3 Å². The van der Waals surface area contributed by atoms with Crippen LogP contribution in [0.1, 0.15) is 17.7 Å². The molecule has 2 heterocycles. The van der Waals surface area contributed by atoms with E-state index in [0.717, 1.165) is 41.3 Å². The number of halogens is 2. The third-order valence-electron chi connectivity index (χ3n) is 2.71. The zero-order valence-corrected chi connectivity index (χ0v) is 11.5. The maximum atomic E-state index is 6.00. The van der Waals surface area contributed by atoms with Crippen LogP contribution in [0.2, 0.25) is 4.34 Å². The minimum Gasteiger partial charge on any atom is -0.328 e. The highest BCUT2D eigenvalue weighted by atomic mass is 79.9. The Labute approximate surface area is 108 Å². The van der Waals surface area contributed by atoms with Crippen molar-refractivity contribution in [1.82, 2.24) is 4.90 Å². The molecule has 1 aromatic heterocycles. The van der Waals surface area contributed by atoms with Crippen molar-refractivity contribution in [3.05, 3.63) is 19.8 Å². The van der Waals surface area contributed by atoms with Gasteiger partial charge in [0.2, 0.25) is 0 Å². The van der Waals surface area contributed by atoms with Crippen molar-refractivity contribution in [3.63, 3.8) is 0 Å². The second kappa shape index (κ2) is 5.15. The van der Waals surface area contributed by atoms with Crippen LogP contribution in [0.3, 0.4) is 0 Å². The molecular weight excluding hydrogens is 296 g/mol. The molecular formula is C10H14BrClN2S. The Morgan fingerprint density at radius 2 is 2.20 bits per heavy atom. The molecule has 0 bridgehead atoms. The fourth-order valence-corrected chi connectivity index (χ4v) is 3.63. The fraction of sp³-hybridized carbons (Fsp3) is 0.600. The monoisotopic (exact) mass is 308 g/mol. The average molecular weight is 310 g/mol. The lowest BCUT2D eigenvalue weighted by molar-refractivity contribution is 0.207. The minimum atomic E-state index is 0.403. The van der Waals surface area contributed by atoms with Crippen LogP contribution in [0.25, 0.3) is 0 Å². The van der Waals surface area contributed by atoms with Gasteiger partial charge in [0.25, 0.3) is 0 Å². The minimum absolute atomic E-state index is 0.403. The summed E-state index contributed by atoms with van der Waals surface area (Å²) in [6, 6.07) is 2.52. The molecule has 0 atom stereocenters. The van der Waals surface area contributed by atoms with E-state index in [1.165, 1.54) is 4.88 Å². The van der Waals surface area contributed by atoms with Crippen LogP contribution >= 0.6 is 38.9 Å². The first-order chi connectivity index (χ1) is 7.15. The molecule has 1 aliphatic heterocycles. The Kier molecular flexibility index (Phi) is 4.07. The van der Waals surface area contributed by atoms with Crippen molar-refractivity contribution in [1.29, 1.82) is 0 Å². The van der Waals surface area contributed by atoms with Gasteiger partial charge in [0.05, 0.1) is 0 Å². The van der Waals surface area contributed by atoms with Gasteiger partial charge in [-0.05, 0) is 47.9 Å². The summed E-state index contributed by atoms with van der Waals surface area (Å²) < 4.78 is 1.86. The van der Waals surface area contributed by atoms with Gasteiger partial charge in [-0.3, -0.25) is 4.90 Å². The van der Waals surface area contributed by atoms with Gasteiger partial charge >= 0.3 is 0 Å². The summed E-state index contributed by atoms with van der Waals surface area (Å²) in [5, 5.41) is 0. The maximum absolute atomic E-state index is 6.00. The molecule has 1 aliphatic rings. The number of nitrogens with zero attached hydrogens (tertiary/aromatic N) is 1. The number of thiophene rings is 1. The van der Waals surface area contributed by atoms with E-state index in [1.54, 1.807) is 11.3 Å². The van der Waals surface area contributed by atoms with Gasteiger partial charge in [0.1, 0.15) is 4.34 Å². The first-order valence-corrected chi connectivity index (χ1v) is 7.05. The van der Waals surface area contributed by atoms with Crippen molar-refractivity contribution in [3.8, 4) is 0 Å². The van der Waals surface area contributed by atoms with E-state index in [4.69, 9.17) is 17.3 Å². The number of piperidine rings is 1. The van der Waals surface area contributed by atoms with Gasteiger partial charge in [-0.25, -0.2) is 0 Å². The van der Waals surface area contributed by atoms with E-state index in [2.05, 4.69) is 26.9 Å². The van der Waals surface area contributed by atoms with E-state index in [-0.39, 0.29) is 0 Å². The Balaban J connectivity index is 1.91. The Hall–Kier alpha value is 0.390. The molecule has 15 heavy (non-hydrogen) atoms. The zero-order chi connectivity index (χ0) is 10.8. The van der Waals surface area contributed by atoms with E-state index < -0.39 is 0 Å². The summed E-state index contributed by atoms with van der Waals surface area (Å²) in [7, 11) is 0. The van der Waals surface area contributed by atoms with Gasteiger partial charge < -0.3 is 5.73 Å². The topological polar surface area (TPSA) is 29.3 Å². The number of hydrogen-bond donors (Lipinski definition) is 1. The lowest BCUT2D eigenvalue weighted by Crippen LogP contribution is -2.39. The van der Waals surface area contributed by atoms with Crippen molar-refractivity contribution in [2.24, 2.45) is 5.73 Å². The van der Waals surface area contributed by atoms with Crippen LogP contribution in [0.5, 0.6) is 0 Å². The molecule has 0 amide bonds. The standard InChI is InChI=1S/C10H14BrClN2S/c11-9-5-8(15-10(9)12)6-14-3-1-7(13)2-4-14/h5,7H,1-4,6,13H2. The van der Waals surface area contributed by atoms with E-state index in [9.17, 15) is 0 Å². The quantitative estimate of drug-likeness (QED) is 0.909. The highest BCUT2D eigenvalue weighted by Gasteiger charge is 2.17. The van der Waals surface area contributed by atoms with Crippen LogP contribution in [-0.2, 0) is 6.54 Å². The summed E-state index contributed by atoms with van der Waals surface area (Å²) in [4.78, 5) is 3.76. The molecule has 0 radical (unpaired) electrons. The van der Waals surface area contributed by atoms with Gasteiger partial charge in [0.15, 0.2) is 0 Å². The van der Waals surface area contributed by atoms with Gasteiger partial charge in [0, 0.05) is 21.9 Å². The Bertz CT molecular complexity index is 315. The molecule has 2 N–H and O–H groups in total. The highest BCUT2D eigenvalue weighted by Crippen LogP contribution is 2.32. The summed E-state index contributed by atoms with van der Waals surface area (Å²) >= 11 is 11.1. The lowest BCUT2D eigenvalue weighted by Gasteiger charge is -2.29. The summed E-state index contributed by atoms with van der Waals surface area (Å²) in [5.74, 6) is 0. The van der Waals surface area contributed by atoms with Crippen LogP contribution in [0.4, 0.5) is 0 Å². The fourth-order valence-electron chi connectivity index (χ4n) is 1.80. The summed E-state index contributed by atoms with van der Waals surface area (Å²) in [6.45, 7) is 3.21. The molecule has 0 aromatic carbocycles. The molecule has 2 nitrogen and oxygen atoms in total. The highest BCUT2D eigenvalue weighted by molar-refractivity contribution is 9.10. The van der Waals surface area contributed by atoms with Crippen molar-refractivity contribution in [2.45, 2.75) is 25.4 Å². The lowest BCUT2D eigenvalue weighted by atomic mass is 10.1.